The van der Waals surface area contributed by atoms with E-state index in [0.717, 1.165) is 24.2 Å². The number of hydrogen-bond acceptors (Lipinski definition) is 6. The summed E-state index contributed by atoms with van der Waals surface area (Å²) >= 11 is 0. The molecule has 0 saturated heterocycles. The summed E-state index contributed by atoms with van der Waals surface area (Å²) in [4.78, 5) is 23.7. The number of aryl methyl sites for hydroxylation is 3. The monoisotopic (exact) mass is 484 g/mol. The second-order valence-corrected chi connectivity index (χ2v) is 8.68. The van der Waals surface area contributed by atoms with Crippen molar-refractivity contribution in [3.8, 4) is 17.2 Å². The largest absolute Gasteiger partial charge is 0.486 e. The number of non-ortho nitro benzene ring substituents is 1. The highest BCUT2D eigenvalue weighted by Gasteiger charge is 2.17. The number of nitrogens with one attached hydrogen (secondary N) is 1. The average molecular weight is 485 g/mol. The molecule has 1 heterocycles. The third kappa shape index (κ3) is 5.38. The van der Waals surface area contributed by atoms with Crippen molar-refractivity contribution in [3.05, 3.63) is 111 Å². The number of nitro groups is 1. The Labute approximate surface area is 207 Å². The van der Waals surface area contributed by atoms with Crippen LogP contribution in [0.25, 0.3) is 0 Å². The van der Waals surface area contributed by atoms with Crippen LogP contribution in [0.15, 0.2) is 77.2 Å². The third-order valence-corrected chi connectivity index (χ3v) is 5.92. The number of fused-ring (bicyclic) bond motifs is 1. The lowest BCUT2D eigenvalue weighted by Crippen LogP contribution is -2.11. The summed E-state index contributed by atoms with van der Waals surface area (Å²) in [6.45, 7) is 2.09. The van der Waals surface area contributed by atoms with Crippen molar-refractivity contribution in [3.63, 3.8) is 0 Å². The van der Waals surface area contributed by atoms with Gasteiger partial charge in [0.25, 0.3) is 11.6 Å². The lowest BCUT2D eigenvalue weighted by Gasteiger charge is -2.09. The Morgan fingerprint density at radius 1 is 0.972 bits per heavy atom. The highest BCUT2D eigenvalue weighted by molar-refractivity contribution is 6.02. The summed E-state index contributed by atoms with van der Waals surface area (Å²) in [5.74, 6) is 1.54. The summed E-state index contributed by atoms with van der Waals surface area (Å²) in [6, 6.07) is 20.7. The molecule has 5 rings (SSSR count). The van der Waals surface area contributed by atoms with Gasteiger partial charge in [0, 0.05) is 12.1 Å². The molecule has 0 bridgehead atoms. The molecule has 0 aliphatic heterocycles. The summed E-state index contributed by atoms with van der Waals surface area (Å²) < 4.78 is 17.3. The van der Waals surface area contributed by atoms with Gasteiger partial charge in [-0.05, 0) is 79.3 Å². The molecule has 0 fully saturated rings. The van der Waals surface area contributed by atoms with Crippen molar-refractivity contribution in [2.24, 2.45) is 0 Å². The van der Waals surface area contributed by atoms with Gasteiger partial charge >= 0.3 is 0 Å². The van der Waals surface area contributed by atoms with Crippen molar-refractivity contribution >= 4 is 17.3 Å². The standard InChI is InChI=1S/C28H24N2O6/c1-18-4-2-7-24(12-18)35-26-15-21(14-22(16-26)30(32)33)29-28(31)27-11-10-25(36-27)17-34-23-9-8-19-5-3-6-20(19)13-23/h2,4,7-16H,3,5-6,17H2,1H3,(H,29,31). The molecule has 3 aromatic carbocycles. The van der Waals surface area contributed by atoms with E-state index in [-0.39, 0.29) is 29.5 Å². The van der Waals surface area contributed by atoms with E-state index >= 15 is 0 Å². The number of benzene rings is 3. The summed E-state index contributed by atoms with van der Waals surface area (Å²) in [5.41, 5.74) is 3.67. The van der Waals surface area contributed by atoms with Gasteiger partial charge in [-0.15, -0.1) is 0 Å². The lowest BCUT2D eigenvalue weighted by atomic mass is 10.1. The van der Waals surface area contributed by atoms with E-state index in [0.29, 0.717) is 11.5 Å². The van der Waals surface area contributed by atoms with E-state index < -0.39 is 10.8 Å². The molecule has 1 aliphatic carbocycles. The smallest absolute Gasteiger partial charge is 0.291 e. The number of furan rings is 1. The molecule has 8 nitrogen and oxygen atoms in total. The minimum absolute atomic E-state index is 0.0650. The van der Waals surface area contributed by atoms with Gasteiger partial charge in [-0.2, -0.15) is 0 Å². The number of anilines is 1. The van der Waals surface area contributed by atoms with Gasteiger partial charge in [0.15, 0.2) is 5.76 Å². The van der Waals surface area contributed by atoms with Crippen LogP contribution in [-0.4, -0.2) is 10.8 Å². The van der Waals surface area contributed by atoms with Gasteiger partial charge in [0.2, 0.25) is 0 Å². The zero-order valence-corrected chi connectivity index (χ0v) is 19.7. The molecule has 1 amide bonds. The molecule has 36 heavy (non-hydrogen) atoms. The van der Waals surface area contributed by atoms with Gasteiger partial charge in [-0.3, -0.25) is 14.9 Å². The average Bonchev–Trinajstić information content (AvgIpc) is 3.52. The van der Waals surface area contributed by atoms with Crippen molar-refractivity contribution in [2.75, 3.05) is 5.32 Å². The van der Waals surface area contributed by atoms with E-state index in [1.54, 1.807) is 12.1 Å². The molecule has 0 atom stereocenters. The molecular formula is C28H24N2O6. The van der Waals surface area contributed by atoms with E-state index in [9.17, 15) is 14.9 Å². The van der Waals surface area contributed by atoms with E-state index in [1.807, 2.05) is 31.2 Å². The fourth-order valence-corrected chi connectivity index (χ4v) is 4.20. The Kier molecular flexibility index (Phi) is 6.40. The Morgan fingerprint density at radius 2 is 1.83 bits per heavy atom. The predicted octanol–water partition coefficient (Wildman–Crippen LogP) is 6.61. The molecule has 8 heteroatoms. The van der Waals surface area contributed by atoms with Gasteiger partial charge in [0.1, 0.15) is 29.6 Å². The fourth-order valence-electron chi connectivity index (χ4n) is 4.20. The van der Waals surface area contributed by atoms with Gasteiger partial charge in [-0.1, -0.05) is 18.2 Å². The zero-order chi connectivity index (χ0) is 25.1. The number of nitrogens with zero attached hydrogens (tertiary/aromatic N) is 1. The van der Waals surface area contributed by atoms with Crippen LogP contribution in [0, 0.1) is 17.0 Å². The molecule has 4 aromatic rings. The van der Waals surface area contributed by atoms with Crippen LogP contribution in [0.2, 0.25) is 0 Å². The third-order valence-electron chi connectivity index (χ3n) is 5.92. The minimum atomic E-state index is -0.542. The molecule has 182 valence electrons. The number of rotatable bonds is 8. The van der Waals surface area contributed by atoms with Gasteiger partial charge < -0.3 is 19.2 Å². The van der Waals surface area contributed by atoms with Crippen molar-refractivity contribution in [1.82, 2.24) is 0 Å². The minimum Gasteiger partial charge on any atom is -0.486 e. The maximum Gasteiger partial charge on any atom is 0.291 e. The van der Waals surface area contributed by atoms with Crippen LogP contribution in [0.1, 0.15) is 39.4 Å². The topological polar surface area (TPSA) is 104 Å². The van der Waals surface area contributed by atoms with Crippen LogP contribution in [-0.2, 0) is 19.4 Å². The van der Waals surface area contributed by atoms with Crippen LogP contribution in [0.3, 0.4) is 0 Å². The Hall–Kier alpha value is -4.59. The van der Waals surface area contributed by atoms with Crippen LogP contribution < -0.4 is 14.8 Å². The molecule has 0 saturated carbocycles. The number of hydrogen-bond donors (Lipinski definition) is 1. The first-order chi connectivity index (χ1) is 17.4. The Bertz CT molecular complexity index is 1440. The predicted molar refractivity (Wildman–Crippen MR) is 134 cm³/mol. The SMILES string of the molecule is Cc1cccc(Oc2cc(NC(=O)c3ccc(COc4ccc5c(c4)CCC5)o3)cc([N+](=O)[O-])c2)c1. The summed E-state index contributed by atoms with van der Waals surface area (Å²) in [5, 5.41) is 14.1. The first-order valence-electron chi connectivity index (χ1n) is 11.6. The Balaban J connectivity index is 1.26. The number of amides is 1. The van der Waals surface area contributed by atoms with Crippen molar-refractivity contribution in [1.29, 1.82) is 0 Å². The maximum atomic E-state index is 12.8. The quantitative estimate of drug-likeness (QED) is 0.223. The number of ether oxygens (including phenoxy) is 2. The number of carbonyl (C=O) groups is 1. The van der Waals surface area contributed by atoms with Gasteiger partial charge in [0.05, 0.1) is 16.7 Å². The van der Waals surface area contributed by atoms with Crippen LogP contribution >= 0.6 is 0 Å². The number of carbonyl (C=O) groups excluding carboxylic acids is 1. The first-order valence-corrected chi connectivity index (χ1v) is 11.6. The molecule has 1 aromatic heterocycles. The number of nitro benzene ring substituents is 1. The van der Waals surface area contributed by atoms with E-state index in [4.69, 9.17) is 13.9 Å². The first kappa shape index (κ1) is 23.2. The van der Waals surface area contributed by atoms with E-state index in [2.05, 4.69) is 17.4 Å². The van der Waals surface area contributed by atoms with Crippen LogP contribution in [0.4, 0.5) is 11.4 Å². The molecular weight excluding hydrogens is 460 g/mol. The summed E-state index contributed by atoms with van der Waals surface area (Å²) in [6.07, 6.45) is 3.34. The normalized spacial score (nSPS) is 12.1. The second-order valence-electron chi connectivity index (χ2n) is 8.68. The molecule has 1 aliphatic rings. The van der Waals surface area contributed by atoms with Crippen molar-refractivity contribution < 1.29 is 23.6 Å². The lowest BCUT2D eigenvalue weighted by molar-refractivity contribution is -0.384. The second kappa shape index (κ2) is 9.95. The maximum absolute atomic E-state index is 12.8. The molecule has 0 spiro atoms. The molecule has 1 N–H and O–H groups in total. The highest BCUT2D eigenvalue weighted by atomic mass is 16.6. The highest BCUT2D eigenvalue weighted by Crippen LogP contribution is 2.31. The zero-order valence-electron chi connectivity index (χ0n) is 19.7. The van der Waals surface area contributed by atoms with Crippen molar-refractivity contribution in [2.45, 2.75) is 32.8 Å². The fraction of sp³-hybridized carbons (Fsp3) is 0.179. The Morgan fingerprint density at radius 3 is 2.67 bits per heavy atom. The molecule has 0 unspecified atom stereocenters. The molecule has 0 radical (unpaired) electrons. The van der Waals surface area contributed by atoms with Gasteiger partial charge in [-0.25, -0.2) is 0 Å². The van der Waals surface area contributed by atoms with Crippen LogP contribution in [0.5, 0.6) is 17.2 Å². The van der Waals surface area contributed by atoms with E-state index in [1.165, 1.54) is 41.8 Å². The summed E-state index contributed by atoms with van der Waals surface area (Å²) in [7, 11) is 0.